The van der Waals surface area contributed by atoms with Crippen LogP contribution in [0, 0.1) is 16.0 Å². The zero-order valence-corrected chi connectivity index (χ0v) is 31.0. The van der Waals surface area contributed by atoms with Gasteiger partial charge in [0.2, 0.25) is 5.91 Å². The number of benzene rings is 5. The predicted octanol–water partition coefficient (Wildman–Crippen LogP) is 10.1. The molecule has 1 amide bonds. The average Bonchev–Trinajstić information content (AvgIpc) is 3.96. The molecule has 0 aliphatic carbocycles. The molecule has 5 heterocycles. The lowest BCUT2D eigenvalue weighted by Gasteiger charge is -2.11. The molecule has 59 heavy (non-hydrogen) atoms. The first kappa shape index (κ1) is 36.7. The summed E-state index contributed by atoms with van der Waals surface area (Å²) in [7, 11) is 0. The van der Waals surface area contributed by atoms with Crippen LogP contribution >= 0.6 is 0 Å². The van der Waals surface area contributed by atoms with Crippen molar-refractivity contribution in [2.45, 2.75) is 20.0 Å². The third-order valence-electron chi connectivity index (χ3n) is 9.75. The lowest BCUT2D eigenvalue weighted by Crippen LogP contribution is -2.18. The highest BCUT2D eigenvalue weighted by Crippen LogP contribution is 2.39. The van der Waals surface area contributed by atoms with Crippen LogP contribution in [0.4, 0.5) is 24.5 Å². The van der Waals surface area contributed by atoms with Gasteiger partial charge in [-0.05, 0) is 12.1 Å². The Morgan fingerprint density at radius 2 is 0.949 bits per heavy atom. The number of carbonyl (C=O) groups is 1. The lowest BCUT2D eigenvalue weighted by atomic mass is 10.1. The van der Waals surface area contributed by atoms with Crippen molar-refractivity contribution in [3.8, 4) is 45.6 Å². The number of halogens is 3. The van der Waals surface area contributed by atoms with E-state index in [2.05, 4.69) is 15.3 Å². The predicted molar refractivity (Wildman–Crippen MR) is 218 cm³/mol. The van der Waals surface area contributed by atoms with Gasteiger partial charge in [-0.3, -0.25) is 14.9 Å². The number of alkyl halides is 3. The molecule has 13 nitrogen and oxygen atoms in total. The molecule has 0 atom stereocenters. The second kappa shape index (κ2) is 14.3. The number of anilines is 1. The largest absolute Gasteiger partial charge is 0.423 e. The maximum Gasteiger partial charge on any atom is 0.423 e. The molecular formula is C43H29F3N10O3. The number of nitrogens with one attached hydrogen (secondary N) is 3. The Hall–Kier alpha value is -7.88. The summed E-state index contributed by atoms with van der Waals surface area (Å²) in [5, 5.41) is 16.6. The quantitative estimate of drug-likeness (QED) is 0.116. The second-order valence-corrected chi connectivity index (χ2v) is 13.9. The summed E-state index contributed by atoms with van der Waals surface area (Å²) in [4.78, 5) is 57.5. The monoisotopic (exact) mass is 790 g/mol. The smallest absolute Gasteiger partial charge is 0.326 e. The van der Waals surface area contributed by atoms with Crippen LogP contribution in [0.3, 0.4) is 0 Å². The van der Waals surface area contributed by atoms with Gasteiger partial charge in [-0.15, -0.1) is 0 Å². The molecule has 0 spiro atoms. The van der Waals surface area contributed by atoms with Gasteiger partial charge in [0.25, 0.3) is 5.69 Å². The van der Waals surface area contributed by atoms with Gasteiger partial charge in [-0.25, -0.2) is 29.9 Å². The molecule has 0 saturated carbocycles. The van der Waals surface area contributed by atoms with Gasteiger partial charge in [0.1, 0.15) is 28.2 Å². The molecule has 2 aliphatic heterocycles. The summed E-state index contributed by atoms with van der Waals surface area (Å²) in [6.45, 7) is 3.15. The number of fused-ring (bicyclic) bond motifs is 20. The van der Waals surface area contributed by atoms with Gasteiger partial charge in [-0.2, -0.15) is 13.2 Å². The lowest BCUT2D eigenvalue weighted by molar-refractivity contribution is -0.388. The topological polar surface area (TPSA) is 181 Å². The molecule has 8 bridgehead atoms. The molecule has 0 radical (unpaired) electrons. The van der Waals surface area contributed by atoms with Crippen molar-refractivity contribution in [2.24, 2.45) is 5.92 Å². The number of amides is 1. The molecule has 3 aromatic heterocycles. The van der Waals surface area contributed by atoms with E-state index < -0.39 is 34.2 Å². The number of nitrogens with zero attached hydrogens (tertiary/aromatic N) is 7. The number of hydrogen-bond donors (Lipinski definition) is 3. The molecule has 2 aliphatic rings. The van der Waals surface area contributed by atoms with E-state index in [0.717, 1.165) is 55.9 Å². The first-order chi connectivity index (χ1) is 28.4. The van der Waals surface area contributed by atoms with E-state index in [9.17, 15) is 28.1 Å². The van der Waals surface area contributed by atoms with Crippen LogP contribution in [0.5, 0.6) is 0 Å². The zero-order chi connectivity index (χ0) is 41.0. The number of H-pyrrole nitrogens is 2. The minimum Gasteiger partial charge on any atom is -0.326 e. The maximum absolute atomic E-state index is 12.7. The molecule has 0 saturated heterocycles. The average molecular weight is 791 g/mol. The number of carbonyl (C=O) groups excluding carboxylic acids is 1. The van der Waals surface area contributed by atoms with E-state index in [-0.39, 0.29) is 5.69 Å². The fraction of sp³-hybridized carbons (Fsp3) is 0.0930. The number of rotatable bonds is 3. The number of aromatic amines is 2. The van der Waals surface area contributed by atoms with Crippen LogP contribution in [-0.4, -0.2) is 50.7 Å². The third kappa shape index (κ3) is 6.75. The maximum atomic E-state index is 12.7. The number of nitro groups is 1. The van der Waals surface area contributed by atoms with E-state index in [1.54, 1.807) is 13.8 Å². The van der Waals surface area contributed by atoms with Gasteiger partial charge in [0.15, 0.2) is 23.3 Å². The van der Waals surface area contributed by atoms with E-state index in [0.29, 0.717) is 52.0 Å². The van der Waals surface area contributed by atoms with Crippen molar-refractivity contribution in [3.63, 3.8) is 0 Å². The summed E-state index contributed by atoms with van der Waals surface area (Å²) in [6, 6.07) is 34.6. The van der Waals surface area contributed by atoms with Crippen LogP contribution in [-0.2, 0) is 11.0 Å². The number of nitro benzene ring substituents is 1. The zero-order valence-electron chi connectivity index (χ0n) is 31.0. The number of aromatic nitrogens is 8. The van der Waals surface area contributed by atoms with Crippen LogP contribution in [0.2, 0.25) is 0 Å². The van der Waals surface area contributed by atoms with Crippen molar-refractivity contribution in [1.29, 1.82) is 0 Å². The first-order valence-corrected chi connectivity index (χ1v) is 18.3. The molecule has 8 aromatic rings. The minimum atomic E-state index is -4.86. The van der Waals surface area contributed by atoms with Crippen molar-refractivity contribution in [3.05, 3.63) is 131 Å². The fourth-order valence-corrected chi connectivity index (χ4v) is 6.88. The summed E-state index contributed by atoms with van der Waals surface area (Å²) < 4.78 is 38.0. The summed E-state index contributed by atoms with van der Waals surface area (Å²) in [5.74, 6) is 1.51. The Bertz CT molecular complexity index is 2870. The highest BCUT2D eigenvalue weighted by molar-refractivity contribution is 6.06. The molecule has 16 heteroatoms. The van der Waals surface area contributed by atoms with E-state index >= 15 is 0 Å². The van der Waals surface area contributed by atoms with Crippen molar-refractivity contribution >= 4 is 61.4 Å². The Morgan fingerprint density at radius 3 is 1.27 bits per heavy atom. The van der Waals surface area contributed by atoms with Crippen LogP contribution in [0.25, 0.3) is 89.7 Å². The molecule has 3 N–H and O–H groups in total. The van der Waals surface area contributed by atoms with Gasteiger partial charge >= 0.3 is 6.18 Å². The van der Waals surface area contributed by atoms with Crippen LogP contribution in [0.1, 0.15) is 19.4 Å². The van der Waals surface area contributed by atoms with Gasteiger partial charge in [0.05, 0.1) is 4.92 Å². The standard InChI is InChI=1S/C32H18N8.C11H11F3N2O3/c1-2-10-18-17(9-1)25-33-26(18)38-28-21-13-5-6-14-22(21)30(35-28)40-32-24-16-8-7-15-23(24)31(36-32)39-29-20-12-4-3-11-19(20)27(34-29)37-25;1-6(2)10(17)15-7-3-4-9(16(18)19)8(5-7)11(12,13)14/h1-16H,(H2,33,34,35,36,37,38,39,40);3-6H,1-2H3,(H,15,17). The molecular weight excluding hydrogens is 762 g/mol. The van der Waals surface area contributed by atoms with Crippen molar-refractivity contribution in [1.82, 2.24) is 39.9 Å². The van der Waals surface area contributed by atoms with Crippen LogP contribution < -0.4 is 5.32 Å². The van der Waals surface area contributed by atoms with Gasteiger partial charge in [-0.1, -0.05) is 111 Å². The van der Waals surface area contributed by atoms with Gasteiger partial charge in [0, 0.05) is 61.5 Å². The molecule has 290 valence electrons. The number of hydrogen-bond acceptors (Lipinski definition) is 9. The molecule has 10 rings (SSSR count). The Kier molecular flexibility index (Phi) is 8.87. The molecule has 0 fully saturated rings. The van der Waals surface area contributed by atoms with Crippen LogP contribution in [0.15, 0.2) is 115 Å². The fourth-order valence-electron chi connectivity index (χ4n) is 6.88. The van der Waals surface area contributed by atoms with Crippen molar-refractivity contribution < 1.29 is 22.9 Å². The summed E-state index contributed by atoms with van der Waals surface area (Å²) in [5.41, 5.74) is 3.88. The first-order valence-electron chi connectivity index (χ1n) is 18.3. The highest BCUT2D eigenvalue weighted by atomic mass is 19.4. The molecule has 0 unspecified atom stereocenters. The summed E-state index contributed by atoms with van der Waals surface area (Å²) >= 11 is 0. The second-order valence-electron chi connectivity index (χ2n) is 13.9. The highest BCUT2D eigenvalue weighted by Gasteiger charge is 2.38. The molecule has 5 aromatic carbocycles. The third-order valence-corrected chi connectivity index (χ3v) is 9.75. The Morgan fingerprint density at radius 1 is 0.593 bits per heavy atom. The Labute approximate surface area is 331 Å². The Balaban J connectivity index is 0.000000201. The van der Waals surface area contributed by atoms with E-state index in [1.165, 1.54) is 0 Å². The van der Waals surface area contributed by atoms with E-state index in [1.807, 2.05) is 97.1 Å². The van der Waals surface area contributed by atoms with E-state index in [4.69, 9.17) is 29.9 Å². The minimum absolute atomic E-state index is 0.128. The van der Waals surface area contributed by atoms with Gasteiger partial charge < -0.3 is 15.3 Å². The summed E-state index contributed by atoms with van der Waals surface area (Å²) in [6.07, 6.45) is -4.86. The normalized spacial score (nSPS) is 11.8. The SMILES string of the molecule is CC(C)C(=O)Nc1ccc([N+](=O)[O-])c(C(F)(F)F)c1.c1ccc2c(c1)-c1nc-2nc2[nH]c(nc3nc(nc4[nH]c(n1)c1ccccc41)-c1ccccc1-3)c1ccccc21. The van der Waals surface area contributed by atoms with Crippen molar-refractivity contribution in [2.75, 3.05) is 5.32 Å².